The van der Waals surface area contributed by atoms with Crippen LogP contribution in [-0.2, 0) is 11.3 Å². The number of hydrogen-bond donors (Lipinski definition) is 1. The van der Waals surface area contributed by atoms with E-state index in [9.17, 15) is 9.59 Å². The Hall–Kier alpha value is -2.69. The quantitative estimate of drug-likeness (QED) is 0.942. The summed E-state index contributed by atoms with van der Waals surface area (Å²) in [7, 11) is 0. The van der Waals surface area contributed by atoms with Gasteiger partial charge >= 0.3 is 5.97 Å². The monoisotopic (exact) mass is 310 g/mol. The zero-order valence-corrected chi connectivity index (χ0v) is 13.1. The van der Waals surface area contributed by atoms with Crippen LogP contribution in [0.25, 0.3) is 0 Å². The number of hydrogen-bond acceptors (Lipinski definition) is 3. The second kappa shape index (κ2) is 5.83. The average Bonchev–Trinajstić information content (AvgIpc) is 2.80. The van der Waals surface area contributed by atoms with E-state index in [4.69, 9.17) is 5.11 Å². The van der Waals surface area contributed by atoms with Crippen LogP contribution < -0.4 is 4.90 Å². The van der Waals surface area contributed by atoms with E-state index >= 15 is 0 Å². The maximum Gasteiger partial charge on any atom is 0.354 e. The van der Waals surface area contributed by atoms with E-state index in [-0.39, 0.29) is 30.0 Å². The predicted molar refractivity (Wildman–Crippen MR) is 86.4 cm³/mol. The summed E-state index contributed by atoms with van der Waals surface area (Å²) in [6.45, 7) is 4.35. The molecule has 1 unspecified atom stereocenters. The van der Waals surface area contributed by atoms with Crippen LogP contribution in [0.2, 0.25) is 0 Å². The van der Waals surface area contributed by atoms with Gasteiger partial charge in [-0.05, 0) is 29.7 Å². The number of carbonyl (C=O) groups excluding carboxylic acids is 1. The Morgan fingerprint density at radius 3 is 2.65 bits per heavy atom. The van der Waals surface area contributed by atoms with E-state index in [2.05, 4.69) is 4.98 Å². The number of aromatic nitrogens is 1. The van der Waals surface area contributed by atoms with Crippen molar-refractivity contribution in [2.75, 3.05) is 4.90 Å². The molecule has 0 bridgehead atoms. The minimum atomic E-state index is -1.07. The van der Waals surface area contributed by atoms with E-state index in [0.717, 1.165) is 11.3 Å². The lowest BCUT2D eigenvalue weighted by atomic mass is 9.90. The molecule has 0 saturated carbocycles. The van der Waals surface area contributed by atoms with Gasteiger partial charge in [0.05, 0.1) is 18.2 Å². The van der Waals surface area contributed by atoms with Gasteiger partial charge in [0.2, 0.25) is 5.91 Å². The van der Waals surface area contributed by atoms with Crippen molar-refractivity contribution in [3.8, 4) is 0 Å². The number of rotatable bonds is 4. The minimum Gasteiger partial charge on any atom is -0.477 e. The third-order valence-electron chi connectivity index (χ3n) is 4.11. The van der Waals surface area contributed by atoms with E-state index < -0.39 is 5.97 Å². The molecular weight excluding hydrogens is 292 g/mol. The summed E-state index contributed by atoms with van der Waals surface area (Å²) in [5.74, 6) is -0.982. The van der Waals surface area contributed by atoms with Crippen LogP contribution in [0.5, 0.6) is 0 Å². The first-order valence-corrected chi connectivity index (χ1v) is 7.58. The first kappa shape index (κ1) is 15.2. The number of carboxylic acid groups (broad SMARTS) is 1. The molecule has 5 nitrogen and oxygen atoms in total. The molecule has 0 spiro atoms. The van der Waals surface area contributed by atoms with Crippen LogP contribution in [-0.4, -0.2) is 22.0 Å². The van der Waals surface area contributed by atoms with Crippen molar-refractivity contribution < 1.29 is 14.7 Å². The van der Waals surface area contributed by atoms with Crippen LogP contribution in [0, 0.1) is 5.92 Å². The van der Waals surface area contributed by atoms with Crippen LogP contribution in [0.3, 0.4) is 0 Å². The first-order valence-electron chi connectivity index (χ1n) is 7.58. The van der Waals surface area contributed by atoms with Crippen LogP contribution in [0.4, 0.5) is 5.69 Å². The molecular formula is C18H18N2O3. The van der Waals surface area contributed by atoms with Gasteiger partial charge < -0.3 is 10.0 Å². The van der Waals surface area contributed by atoms with Crippen molar-refractivity contribution in [2.45, 2.75) is 26.3 Å². The first-order chi connectivity index (χ1) is 11.0. The topological polar surface area (TPSA) is 70.5 Å². The van der Waals surface area contributed by atoms with E-state index in [1.54, 1.807) is 17.0 Å². The maximum absolute atomic E-state index is 12.8. The minimum absolute atomic E-state index is 0.0113. The van der Waals surface area contributed by atoms with E-state index in [1.807, 2.05) is 38.1 Å². The Morgan fingerprint density at radius 1 is 1.22 bits per heavy atom. The SMILES string of the molecule is CC(C)C1C(=O)N(Cc2cccc(C(=O)O)n2)c2ccccc21. The third-order valence-corrected chi connectivity index (χ3v) is 4.11. The summed E-state index contributed by atoms with van der Waals surface area (Å²) >= 11 is 0. The van der Waals surface area contributed by atoms with Gasteiger partial charge in [0, 0.05) is 5.69 Å². The molecule has 1 amide bonds. The Bertz CT molecular complexity index is 770. The van der Waals surface area contributed by atoms with Gasteiger partial charge in [-0.15, -0.1) is 0 Å². The molecule has 1 aliphatic heterocycles. The highest BCUT2D eigenvalue weighted by atomic mass is 16.4. The van der Waals surface area contributed by atoms with Crippen molar-refractivity contribution in [2.24, 2.45) is 5.92 Å². The lowest BCUT2D eigenvalue weighted by Crippen LogP contribution is -2.30. The van der Waals surface area contributed by atoms with Crippen LogP contribution >= 0.6 is 0 Å². The molecule has 0 aliphatic carbocycles. The Kier molecular flexibility index (Phi) is 3.86. The highest BCUT2D eigenvalue weighted by Gasteiger charge is 2.38. The summed E-state index contributed by atoms with van der Waals surface area (Å²) in [5.41, 5.74) is 2.47. The van der Waals surface area contributed by atoms with Crippen LogP contribution in [0.1, 0.15) is 41.5 Å². The molecule has 0 radical (unpaired) electrons. The summed E-state index contributed by atoms with van der Waals surface area (Å²) in [5, 5.41) is 9.05. The molecule has 5 heteroatoms. The molecule has 1 N–H and O–H groups in total. The molecule has 118 valence electrons. The second-order valence-electron chi connectivity index (χ2n) is 6.02. The number of fused-ring (bicyclic) bond motifs is 1. The van der Waals surface area contributed by atoms with Gasteiger partial charge in [-0.2, -0.15) is 0 Å². The van der Waals surface area contributed by atoms with E-state index in [0.29, 0.717) is 5.69 Å². The van der Waals surface area contributed by atoms with Crippen LogP contribution in [0.15, 0.2) is 42.5 Å². The number of benzene rings is 1. The lowest BCUT2D eigenvalue weighted by molar-refractivity contribution is -0.120. The molecule has 0 saturated heterocycles. The molecule has 1 aromatic heterocycles. The van der Waals surface area contributed by atoms with E-state index in [1.165, 1.54) is 6.07 Å². The van der Waals surface area contributed by atoms with Gasteiger partial charge in [-0.3, -0.25) is 4.79 Å². The second-order valence-corrected chi connectivity index (χ2v) is 6.02. The number of nitrogens with zero attached hydrogens (tertiary/aromatic N) is 2. The third kappa shape index (κ3) is 2.70. The lowest BCUT2D eigenvalue weighted by Gasteiger charge is -2.19. The average molecular weight is 310 g/mol. The molecule has 3 rings (SSSR count). The summed E-state index contributed by atoms with van der Waals surface area (Å²) in [6.07, 6.45) is 0. The molecule has 1 atom stereocenters. The maximum atomic E-state index is 12.8. The highest BCUT2D eigenvalue weighted by molar-refractivity contribution is 6.05. The van der Waals surface area contributed by atoms with Crippen molar-refractivity contribution in [3.05, 3.63) is 59.4 Å². The van der Waals surface area contributed by atoms with Gasteiger partial charge in [0.1, 0.15) is 5.69 Å². The molecule has 23 heavy (non-hydrogen) atoms. The molecule has 2 aromatic rings. The molecule has 1 aliphatic rings. The van der Waals surface area contributed by atoms with Crippen molar-refractivity contribution in [3.63, 3.8) is 0 Å². The summed E-state index contributed by atoms with van der Waals surface area (Å²) < 4.78 is 0. The normalized spacial score (nSPS) is 16.7. The van der Waals surface area contributed by atoms with Crippen molar-refractivity contribution in [1.82, 2.24) is 4.98 Å². The zero-order chi connectivity index (χ0) is 16.6. The smallest absolute Gasteiger partial charge is 0.354 e. The number of para-hydroxylation sites is 1. The largest absolute Gasteiger partial charge is 0.477 e. The van der Waals surface area contributed by atoms with Gasteiger partial charge in [0.25, 0.3) is 0 Å². The summed E-state index contributed by atoms with van der Waals surface area (Å²) in [6, 6.07) is 12.6. The number of aromatic carboxylic acids is 1. The predicted octanol–water partition coefficient (Wildman–Crippen LogP) is 3.07. The summed E-state index contributed by atoms with van der Waals surface area (Å²) in [4.78, 5) is 29.7. The number of amides is 1. The molecule has 2 heterocycles. The standard InChI is InChI=1S/C18H18N2O3/c1-11(2)16-13-7-3-4-9-15(13)20(17(16)21)10-12-6-5-8-14(19-12)18(22)23/h3-9,11,16H,10H2,1-2H3,(H,22,23). The van der Waals surface area contributed by atoms with Gasteiger partial charge in [0.15, 0.2) is 0 Å². The van der Waals surface area contributed by atoms with Crippen molar-refractivity contribution in [1.29, 1.82) is 0 Å². The molecule has 1 aromatic carbocycles. The fourth-order valence-corrected chi connectivity index (χ4v) is 3.07. The Balaban J connectivity index is 1.96. The Morgan fingerprint density at radius 2 is 1.96 bits per heavy atom. The van der Waals surface area contributed by atoms with Gasteiger partial charge in [-0.25, -0.2) is 9.78 Å². The molecule has 0 fully saturated rings. The number of pyridine rings is 1. The number of anilines is 1. The Labute approximate surface area is 134 Å². The van der Waals surface area contributed by atoms with Crippen molar-refractivity contribution >= 4 is 17.6 Å². The van der Waals surface area contributed by atoms with Gasteiger partial charge in [-0.1, -0.05) is 38.1 Å². The zero-order valence-electron chi connectivity index (χ0n) is 13.1. The highest BCUT2D eigenvalue weighted by Crippen LogP contribution is 2.41. The fourth-order valence-electron chi connectivity index (χ4n) is 3.07. The number of carboxylic acids is 1. The fraction of sp³-hybridized carbons (Fsp3) is 0.278. The number of carbonyl (C=O) groups is 2.